The molecule has 1 aromatic heterocycles. The molecule has 0 radical (unpaired) electrons. The number of benzene rings is 3. The fourth-order valence-corrected chi connectivity index (χ4v) is 12.5. The lowest BCUT2D eigenvalue weighted by atomic mass is 9.89. The molecule has 6 N–H and O–H groups in total. The van der Waals surface area contributed by atoms with Gasteiger partial charge in [0.1, 0.15) is 11.1 Å². The van der Waals surface area contributed by atoms with E-state index in [9.17, 15) is 47.1 Å². The Bertz CT molecular complexity index is 2850. The molecule has 0 spiro atoms. The summed E-state index contributed by atoms with van der Waals surface area (Å²) >= 11 is 7.38. The van der Waals surface area contributed by atoms with Gasteiger partial charge < -0.3 is 40.7 Å². The molecule has 3 aromatic carbocycles. The number of anilines is 3. The summed E-state index contributed by atoms with van der Waals surface area (Å²) in [6.07, 6.45) is 1.31. The number of piperidine rings is 2. The summed E-state index contributed by atoms with van der Waals surface area (Å²) < 4.78 is 34.7. The summed E-state index contributed by atoms with van der Waals surface area (Å²) in [5.74, 6) is -5.35. The van der Waals surface area contributed by atoms with Gasteiger partial charge in [0.25, 0.3) is 5.91 Å². The van der Waals surface area contributed by atoms with E-state index in [0.29, 0.717) is 57.0 Å². The van der Waals surface area contributed by atoms with Crippen molar-refractivity contribution in [1.29, 1.82) is 0 Å². The summed E-state index contributed by atoms with van der Waals surface area (Å²) in [4.78, 5) is 89.8. The average Bonchev–Trinajstić information content (AvgIpc) is 3.77. The Morgan fingerprint density at radius 2 is 1.71 bits per heavy atom. The molecule has 358 valence electrons. The predicted molar refractivity (Wildman–Crippen MR) is 251 cm³/mol. The zero-order valence-electron chi connectivity index (χ0n) is 36.9. The smallest absolute Gasteiger partial charge is 0.349 e. The topological polar surface area (TPSA) is 261 Å². The number of carbonyl (C=O) groups excluding carboxylic acids is 5. The van der Waals surface area contributed by atoms with Gasteiger partial charge >= 0.3 is 11.9 Å². The van der Waals surface area contributed by atoms with Crippen LogP contribution in [-0.2, 0) is 46.3 Å². The van der Waals surface area contributed by atoms with E-state index in [1.807, 2.05) is 19.9 Å². The lowest BCUT2D eigenvalue weighted by Gasteiger charge is -2.45. The first kappa shape index (κ1) is 47.9. The number of carbonyl (C=O) groups is 7. The number of aliphatic carboxylic acids is 1. The van der Waals surface area contributed by atoms with Crippen molar-refractivity contribution in [3.8, 4) is 16.2 Å². The zero-order chi connectivity index (χ0) is 48.7. The number of fused-ring (bicyclic) bond motifs is 1. The first-order valence-corrected chi connectivity index (χ1v) is 24.5. The molecule has 3 fully saturated rings. The Hall–Kier alpha value is -6.55. The van der Waals surface area contributed by atoms with Crippen LogP contribution in [0.3, 0.4) is 0 Å². The van der Waals surface area contributed by atoms with Crippen LogP contribution >= 0.6 is 22.9 Å². The Balaban J connectivity index is 0.816. The van der Waals surface area contributed by atoms with Crippen LogP contribution in [0.4, 0.5) is 17.1 Å². The monoisotopic (exact) mass is 989 g/mol. The number of imide groups is 1. The number of ether oxygens (including phenoxy) is 1. The number of hydrogen-bond donors (Lipinski definition) is 6. The number of carboxylic acid groups (broad SMARTS) is 2. The molecule has 0 saturated carbocycles. The first-order chi connectivity index (χ1) is 32.3. The maximum Gasteiger partial charge on any atom is 0.349 e. The highest BCUT2D eigenvalue weighted by atomic mass is 35.5. The molecule has 4 aliphatic rings. The maximum atomic E-state index is 14.0. The van der Waals surface area contributed by atoms with E-state index in [1.165, 1.54) is 9.21 Å². The van der Waals surface area contributed by atoms with Gasteiger partial charge in [0.15, 0.2) is 17.2 Å². The largest absolute Gasteiger partial charge is 0.479 e. The van der Waals surface area contributed by atoms with Crippen molar-refractivity contribution in [2.45, 2.75) is 69.5 Å². The molecular weight excluding hydrogens is 942 g/mol. The molecule has 4 aromatic rings. The van der Waals surface area contributed by atoms with Crippen molar-refractivity contribution in [1.82, 2.24) is 19.4 Å². The van der Waals surface area contributed by atoms with Crippen LogP contribution in [0.15, 0.2) is 66.7 Å². The Labute approximate surface area is 399 Å². The molecule has 4 aliphatic heterocycles. The lowest BCUT2D eigenvalue weighted by molar-refractivity contribution is -0.140. The zero-order valence-corrected chi connectivity index (χ0v) is 39.3. The number of sulfonamides is 1. The molecule has 0 bridgehead atoms. The predicted octanol–water partition coefficient (Wildman–Crippen LogP) is 4.69. The number of carboxylic acids is 2. The van der Waals surface area contributed by atoms with E-state index in [1.54, 1.807) is 65.6 Å². The van der Waals surface area contributed by atoms with Crippen LogP contribution in [0.25, 0.3) is 10.4 Å². The van der Waals surface area contributed by atoms with Crippen molar-refractivity contribution in [3.63, 3.8) is 0 Å². The fourth-order valence-electron chi connectivity index (χ4n) is 9.15. The number of hydrogen-bond acceptors (Lipinski definition) is 13. The molecule has 22 heteroatoms. The molecule has 5 amide bonds. The Morgan fingerprint density at radius 1 is 0.971 bits per heavy atom. The van der Waals surface area contributed by atoms with Gasteiger partial charge in [-0.2, -0.15) is 4.31 Å². The van der Waals surface area contributed by atoms with Gasteiger partial charge in [0.2, 0.25) is 33.7 Å². The van der Waals surface area contributed by atoms with Crippen LogP contribution in [0, 0.1) is 5.92 Å². The molecule has 3 saturated heterocycles. The van der Waals surface area contributed by atoms with Crippen LogP contribution < -0.4 is 26.0 Å². The number of rotatable bonds is 16. The van der Waals surface area contributed by atoms with Crippen molar-refractivity contribution >= 4 is 91.5 Å². The summed E-state index contributed by atoms with van der Waals surface area (Å²) in [5.41, 5.74) is 3.04. The maximum absolute atomic E-state index is 14.0. The van der Waals surface area contributed by atoms with E-state index in [4.69, 9.17) is 21.4 Å². The number of thiophene rings is 1. The van der Waals surface area contributed by atoms with Gasteiger partial charge in [0.05, 0.1) is 23.1 Å². The second kappa shape index (κ2) is 19.2. The third-order valence-corrected chi connectivity index (χ3v) is 16.2. The van der Waals surface area contributed by atoms with E-state index in [0.717, 1.165) is 11.3 Å². The molecule has 2 atom stereocenters. The van der Waals surface area contributed by atoms with Crippen LogP contribution in [0.5, 0.6) is 5.75 Å². The molecule has 68 heavy (non-hydrogen) atoms. The number of nitrogens with one attached hydrogen (secondary N) is 4. The summed E-state index contributed by atoms with van der Waals surface area (Å²) in [7, 11) is -3.84. The molecule has 19 nitrogen and oxygen atoms in total. The minimum absolute atomic E-state index is 0.0131. The van der Waals surface area contributed by atoms with E-state index in [2.05, 4.69) is 21.3 Å². The van der Waals surface area contributed by atoms with Crippen molar-refractivity contribution in [2.24, 2.45) is 5.92 Å². The third-order valence-electron chi connectivity index (χ3n) is 12.4. The van der Waals surface area contributed by atoms with E-state index < -0.39 is 52.0 Å². The number of likely N-dealkylation sites (tertiary alicyclic amines) is 1. The number of amides is 5. The quantitative estimate of drug-likeness (QED) is 0.0834. The molecule has 1 unspecified atom stereocenters. The highest BCUT2D eigenvalue weighted by molar-refractivity contribution is 7.88. The van der Waals surface area contributed by atoms with Crippen molar-refractivity contribution in [2.75, 3.05) is 48.7 Å². The number of nitrogens with zero attached hydrogens (tertiary/aromatic N) is 3. The fraction of sp³-hybridized carbons (Fsp3) is 0.370. The van der Waals surface area contributed by atoms with Gasteiger partial charge in [-0.15, -0.1) is 11.3 Å². The highest BCUT2D eigenvalue weighted by Crippen LogP contribution is 2.46. The van der Waals surface area contributed by atoms with Crippen LogP contribution in [0.1, 0.15) is 70.7 Å². The second-order valence-corrected chi connectivity index (χ2v) is 21.0. The minimum Gasteiger partial charge on any atom is -0.479 e. The van der Waals surface area contributed by atoms with Gasteiger partial charge in [0, 0.05) is 72.4 Å². The average molecular weight is 991 g/mol. The van der Waals surface area contributed by atoms with Gasteiger partial charge in [-0.05, 0) is 80.6 Å². The Kier molecular flexibility index (Phi) is 13.5. The van der Waals surface area contributed by atoms with Gasteiger partial charge in [-0.25, -0.2) is 18.0 Å². The van der Waals surface area contributed by atoms with Crippen LogP contribution in [0.2, 0.25) is 5.02 Å². The molecule has 0 aliphatic carbocycles. The molecule has 8 rings (SSSR count). The highest BCUT2D eigenvalue weighted by Gasteiger charge is 2.43. The standard InChI is InChI=1S/C46H48ClN7O12S2/c1-46(2)18-30(49-29-9-4-7-26(17-29)40-38(47)39(66-23-37(57)58)41(67-40)45(62)63)14-15-54(46)68(64,65)24-25-6-3-8-28(16-25)50-42(59)27-20-52(21-27)36(56)19-48-33-11-5-10-31-32(33)22-53(44(31)61)34-12-13-35(55)51-43(34)60/h3-11,16-17,27,30,34,48-49H,12-15,18-24H2,1-2H3,(H,50,59)(H,57,58)(H,62,63)(H,51,55,60)/t30-,34?/m0/s1. The van der Waals surface area contributed by atoms with Gasteiger partial charge in [-0.1, -0.05) is 41.9 Å². The summed E-state index contributed by atoms with van der Waals surface area (Å²) in [6, 6.07) is 18.0. The van der Waals surface area contributed by atoms with Crippen LogP contribution in [-0.4, -0.2) is 125 Å². The van der Waals surface area contributed by atoms with E-state index in [-0.39, 0.29) is 96.6 Å². The van der Waals surface area contributed by atoms with Crippen molar-refractivity contribution < 1.29 is 56.9 Å². The lowest BCUT2D eigenvalue weighted by Crippen LogP contribution is -2.55. The molecular formula is C46H48ClN7O12S2. The van der Waals surface area contributed by atoms with Gasteiger partial charge in [-0.3, -0.25) is 29.3 Å². The van der Waals surface area contributed by atoms with Crippen molar-refractivity contribution in [3.05, 3.63) is 93.3 Å². The second-order valence-electron chi connectivity index (χ2n) is 17.7. The normalized spacial score (nSPS) is 19.4. The minimum atomic E-state index is -3.84. The number of halogens is 1. The third kappa shape index (κ3) is 10.2. The Morgan fingerprint density at radius 3 is 2.43 bits per heavy atom. The summed E-state index contributed by atoms with van der Waals surface area (Å²) in [5, 5.41) is 30.5. The first-order valence-electron chi connectivity index (χ1n) is 21.7. The number of aromatic carboxylic acids is 1. The summed E-state index contributed by atoms with van der Waals surface area (Å²) in [6.45, 7) is 3.62. The SMILES string of the molecule is CC1(C)C[C@@H](Nc2cccc(-c3sc(C(=O)O)c(OCC(=O)O)c3Cl)c2)CCN1S(=O)(=O)Cc1cccc(NC(=O)C2CN(C(=O)CNc3cccc4c3CN(C3CCC(=O)NC3=O)C4=O)C2)c1. The van der Waals surface area contributed by atoms with E-state index >= 15 is 0 Å². The molecule has 5 heterocycles.